The molecule has 5 rings (SSSR count). The van der Waals surface area contributed by atoms with Crippen LogP contribution in [-0.4, -0.2) is 18.2 Å². The Labute approximate surface area is 263 Å². The van der Waals surface area contributed by atoms with Gasteiger partial charge < -0.3 is 13.9 Å². The summed E-state index contributed by atoms with van der Waals surface area (Å²) in [7, 11) is 0. The molecule has 0 fully saturated rings. The topological polar surface area (TPSA) is 44.5 Å². The van der Waals surface area contributed by atoms with Crippen molar-refractivity contribution >= 4 is 21.9 Å². The second-order valence-electron chi connectivity index (χ2n) is 12.1. The van der Waals surface area contributed by atoms with Crippen molar-refractivity contribution in [2.75, 3.05) is 13.2 Å². The number of unbranched alkanes of at least 4 members (excludes halogenated alkanes) is 10. The van der Waals surface area contributed by atoms with Gasteiger partial charge in [-0.05, 0) is 73.4 Å². The zero-order chi connectivity index (χ0) is 30.6. The first-order valence-corrected chi connectivity index (χ1v) is 17.0. The Hall–Kier alpha value is -3.79. The number of benzene rings is 3. The lowest BCUT2D eigenvalue weighted by molar-refractivity contribution is 0.303. The fourth-order valence-corrected chi connectivity index (χ4v) is 5.94. The fraction of sp³-hybridized carbons (Fsp3) is 0.425. The third-order valence-corrected chi connectivity index (χ3v) is 8.51. The highest BCUT2D eigenvalue weighted by Gasteiger charge is 2.17. The zero-order valence-electron chi connectivity index (χ0n) is 27.0. The number of aromatic nitrogens is 1. The van der Waals surface area contributed by atoms with Crippen molar-refractivity contribution < 1.29 is 13.9 Å². The molecular formula is C40H49NO3. The molecule has 232 valence electrons. The van der Waals surface area contributed by atoms with Crippen LogP contribution in [0.15, 0.2) is 77.3 Å². The summed E-state index contributed by atoms with van der Waals surface area (Å²) in [5.74, 6) is 1.83. The highest BCUT2D eigenvalue weighted by molar-refractivity contribution is 6.07. The molecule has 0 spiro atoms. The van der Waals surface area contributed by atoms with Crippen molar-refractivity contribution in [1.82, 2.24) is 4.98 Å². The lowest BCUT2D eigenvalue weighted by Crippen LogP contribution is -1.99. The Kier molecular flexibility index (Phi) is 11.7. The molecular weight excluding hydrogens is 542 g/mol. The number of hydrogen-bond acceptors (Lipinski definition) is 4. The van der Waals surface area contributed by atoms with E-state index in [1.54, 1.807) is 0 Å². The minimum absolute atomic E-state index is 0.700. The summed E-state index contributed by atoms with van der Waals surface area (Å²) >= 11 is 0. The quantitative estimate of drug-likeness (QED) is 0.0951. The molecule has 0 aliphatic rings. The summed E-state index contributed by atoms with van der Waals surface area (Å²) in [5.41, 5.74) is 7.01. The summed E-state index contributed by atoms with van der Waals surface area (Å²) in [6.45, 7) is 8.07. The number of ether oxygens (including phenoxy) is 2. The Morgan fingerprint density at radius 2 is 1.20 bits per heavy atom. The molecule has 0 radical (unpaired) electrons. The second kappa shape index (κ2) is 16.3. The Morgan fingerprint density at radius 1 is 0.591 bits per heavy atom. The highest BCUT2D eigenvalue weighted by Crippen LogP contribution is 2.41. The van der Waals surface area contributed by atoms with Gasteiger partial charge in [-0.3, -0.25) is 4.98 Å². The first kappa shape index (κ1) is 31.6. The lowest BCUT2D eigenvalue weighted by atomic mass is 9.99. The number of nitrogens with zero attached hydrogens (tertiary/aromatic N) is 1. The van der Waals surface area contributed by atoms with E-state index in [1.807, 2.05) is 24.4 Å². The number of aryl methyl sites for hydroxylation is 1. The smallest absolute Gasteiger partial charge is 0.136 e. The van der Waals surface area contributed by atoms with E-state index in [2.05, 4.69) is 74.3 Å². The monoisotopic (exact) mass is 591 g/mol. The number of furan rings is 1. The summed E-state index contributed by atoms with van der Waals surface area (Å²) in [6, 6.07) is 23.2. The van der Waals surface area contributed by atoms with Gasteiger partial charge in [0, 0.05) is 28.1 Å². The summed E-state index contributed by atoms with van der Waals surface area (Å²) in [4.78, 5) is 4.57. The van der Waals surface area contributed by atoms with Gasteiger partial charge in [0.25, 0.3) is 0 Å². The summed E-state index contributed by atoms with van der Waals surface area (Å²) in [5, 5.41) is 2.13. The first-order valence-electron chi connectivity index (χ1n) is 17.0. The molecule has 4 heteroatoms. The van der Waals surface area contributed by atoms with Crippen LogP contribution in [0, 0.1) is 6.92 Å². The molecule has 0 amide bonds. The molecule has 5 aromatic rings. The maximum Gasteiger partial charge on any atom is 0.136 e. The standard InChI is InChI=1S/C40H49NO3/c1-4-6-8-10-12-16-23-42-37-28-34-35-29-38(43-24-17-13-11-9-7-5-2)33(27-40(35)44-39(34)25-30(37)3)31-19-18-20-32(26-31)36-21-14-15-22-41-36/h14-15,18-22,25-29H,4-13,16-17,23-24H2,1-3H3. The van der Waals surface area contributed by atoms with Crippen LogP contribution in [0.1, 0.15) is 96.5 Å². The van der Waals surface area contributed by atoms with Crippen molar-refractivity contribution in [1.29, 1.82) is 0 Å². The predicted molar refractivity (Wildman–Crippen MR) is 185 cm³/mol. The molecule has 0 bridgehead atoms. The van der Waals surface area contributed by atoms with Crippen LogP contribution < -0.4 is 9.47 Å². The largest absolute Gasteiger partial charge is 0.493 e. The third kappa shape index (κ3) is 8.22. The third-order valence-electron chi connectivity index (χ3n) is 8.51. The number of pyridine rings is 1. The summed E-state index contributed by atoms with van der Waals surface area (Å²) < 4.78 is 19.3. The van der Waals surface area contributed by atoms with Gasteiger partial charge in [0.15, 0.2) is 0 Å². The normalized spacial score (nSPS) is 11.4. The van der Waals surface area contributed by atoms with Crippen molar-refractivity contribution in [3.8, 4) is 33.9 Å². The van der Waals surface area contributed by atoms with Gasteiger partial charge in [-0.15, -0.1) is 0 Å². The number of rotatable bonds is 18. The lowest BCUT2D eigenvalue weighted by Gasteiger charge is -2.13. The summed E-state index contributed by atoms with van der Waals surface area (Å²) in [6.07, 6.45) is 16.8. The molecule has 2 heterocycles. The SMILES string of the molecule is CCCCCCCCOc1cc2c(cc1C)oc1cc(-c3cccc(-c4ccccn4)c3)c(OCCCCCCCC)cc12. The minimum Gasteiger partial charge on any atom is -0.493 e. The van der Waals surface area contributed by atoms with Crippen molar-refractivity contribution in [3.63, 3.8) is 0 Å². The molecule has 0 saturated heterocycles. The van der Waals surface area contributed by atoms with Gasteiger partial charge >= 0.3 is 0 Å². The van der Waals surface area contributed by atoms with Crippen molar-refractivity contribution in [2.45, 2.75) is 97.8 Å². The molecule has 3 aromatic carbocycles. The maximum atomic E-state index is 6.56. The highest BCUT2D eigenvalue weighted by atomic mass is 16.5. The van der Waals surface area contributed by atoms with Gasteiger partial charge in [-0.1, -0.05) is 102 Å². The van der Waals surface area contributed by atoms with Crippen molar-refractivity contribution in [2.24, 2.45) is 0 Å². The van der Waals surface area contributed by atoms with Gasteiger partial charge in [0.05, 0.1) is 18.9 Å². The molecule has 44 heavy (non-hydrogen) atoms. The van der Waals surface area contributed by atoms with E-state index in [0.29, 0.717) is 6.61 Å². The molecule has 0 aliphatic carbocycles. The van der Waals surface area contributed by atoms with E-state index in [1.165, 1.54) is 64.2 Å². The Morgan fingerprint density at radius 3 is 1.89 bits per heavy atom. The van der Waals surface area contributed by atoms with Gasteiger partial charge in [0.1, 0.15) is 22.7 Å². The molecule has 0 unspecified atom stereocenters. The van der Waals surface area contributed by atoms with E-state index < -0.39 is 0 Å². The Bertz CT molecular complexity index is 1600. The van der Waals surface area contributed by atoms with Crippen LogP contribution in [0.3, 0.4) is 0 Å². The molecule has 2 aromatic heterocycles. The molecule has 0 saturated carbocycles. The van der Waals surface area contributed by atoms with Crippen molar-refractivity contribution in [3.05, 3.63) is 78.5 Å². The number of fused-ring (bicyclic) bond motifs is 3. The van der Waals surface area contributed by atoms with E-state index in [9.17, 15) is 0 Å². The second-order valence-corrected chi connectivity index (χ2v) is 12.1. The van der Waals surface area contributed by atoms with Gasteiger partial charge in [-0.2, -0.15) is 0 Å². The average Bonchev–Trinajstić information content (AvgIpc) is 3.39. The van der Waals surface area contributed by atoms with Crippen LogP contribution in [0.4, 0.5) is 0 Å². The number of hydrogen-bond donors (Lipinski definition) is 0. The molecule has 4 nitrogen and oxygen atoms in total. The molecule has 0 N–H and O–H groups in total. The van der Waals surface area contributed by atoms with E-state index >= 15 is 0 Å². The van der Waals surface area contributed by atoms with Crippen LogP contribution in [0.5, 0.6) is 11.5 Å². The fourth-order valence-electron chi connectivity index (χ4n) is 5.94. The predicted octanol–water partition coefficient (Wildman–Crippen LogP) is 12.1. The molecule has 0 aliphatic heterocycles. The van der Waals surface area contributed by atoms with Crippen LogP contribution in [0.25, 0.3) is 44.3 Å². The first-order chi connectivity index (χ1) is 21.7. The maximum absolute atomic E-state index is 6.56. The van der Waals surface area contributed by atoms with Crippen LogP contribution in [-0.2, 0) is 0 Å². The Balaban J connectivity index is 1.43. The minimum atomic E-state index is 0.700. The van der Waals surface area contributed by atoms with E-state index in [0.717, 1.165) is 80.8 Å². The van der Waals surface area contributed by atoms with E-state index in [4.69, 9.17) is 13.9 Å². The van der Waals surface area contributed by atoms with Gasteiger partial charge in [0.2, 0.25) is 0 Å². The van der Waals surface area contributed by atoms with Crippen LogP contribution in [0.2, 0.25) is 0 Å². The van der Waals surface area contributed by atoms with Gasteiger partial charge in [-0.25, -0.2) is 0 Å². The average molecular weight is 592 g/mol. The zero-order valence-corrected chi connectivity index (χ0v) is 27.0. The molecule has 0 atom stereocenters. The van der Waals surface area contributed by atoms with E-state index in [-0.39, 0.29) is 0 Å². The van der Waals surface area contributed by atoms with Crippen LogP contribution >= 0.6 is 0 Å².